The van der Waals surface area contributed by atoms with Crippen LogP contribution in [-0.2, 0) is 10.0 Å². The zero-order valence-corrected chi connectivity index (χ0v) is 12.1. The fourth-order valence-electron chi connectivity index (χ4n) is 1.70. The van der Waals surface area contributed by atoms with Gasteiger partial charge in [-0.15, -0.1) is 0 Å². The Kier molecular flexibility index (Phi) is 3.87. The van der Waals surface area contributed by atoms with E-state index in [4.69, 9.17) is 17.3 Å². The second-order valence-corrected chi connectivity index (χ2v) is 6.47. The van der Waals surface area contributed by atoms with Crippen molar-refractivity contribution in [3.05, 3.63) is 53.3 Å². The van der Waals surface area contributed by atoms with Crippen LogP contribution in [0.25, 0.3) is 0 Å². The molecular formula is C13H12ClFN2O2S. The van der Waals surface area contributed by atoms with Crippen LogP contribution in [0.4, 0.5) is 15.8 Å². The van der Waals surface area contributed by atoms with Crippen LogP contribution in [0.2, 0.25) is 5.02 Å². The van der Waals surface area contributed by atoms with Gasteiger partial charge in [-0.2, -0.15) is 0 Å². The molecule has 0 aliphatic carbocycles. The first-order valence-corrected chi connectivity index (χ1v) is 7.44. The lowest BCUT2D eigenvalue weighted by Crippen LogP contribution is -2.27. The average Bonchev–Trinajstić information content (AvgIpc) is 2.42. The van der Waals surface area contributed by atoms with Gasteiger partial charge in [0.25, 0.3) is 10.0 Å². The van der Waals surface area contributed by atoms with Gasteiger partial charge in [-0.1, -0.05) is 29.8 Å². The Balaban J connectivity index is 2.57. The molecule has 20 heavy (non-hydrogen) atoms. The van der Waals surface area contributed by atoms with Crippen LogP contribution < -0.4 is 10.0 Å². The number of anilines is 2. The standard InChI is InChI=1S/C13H12ClFN2O2S/c1-17(10-5-3-2-4-6-10)20(18,19)12-8-9(16)7-11(14)13(12)15/h2-8H,16H2,1H3. The SMILES string of the molecule is CN(c1ccccc1)S(=O)(=O)c1cc(N)cc(Cl)c1F. The van der Waals surface area contributed by atoms with E-state index in [2.05, 4.69) is 0 Å². The topological polar surface area (TPSA) is 63.4 Å². The summed E-state index contributed by atoms with van der Waals surface area (Å²) in [5.41, 5.74) is 6.02. The molecule has 0 fully saturated rings. The van der Waals surface area contributed by atoms with Gasteiger partial charge >= 0.3 is 0 Å². The quantitative estimate of drug-likeness (QED) is 0.886. The van der Waals surface area contributed by atoms with Crippen LogP contribution in [0.1, 0.15) is 0 Å². The van der Waals surface area contributed by atoms with E-state index in [0.29, 0.717) is 5.69 Å². The van der Waals surface area contributed by atoms with Crippen molar-refractivity contribution in [1.82, 2.24) is 0 Å². The molecule has 0 saturated carbocycles. The maximum Gasteiger partial charge on any atom is 0.267 e. The second-order valence-electron chi connectivity index (χ2n) is 4.12. The number of nitrogens with zero attached hydrogens (tertiary/aromatic N) is 1. The van der Waals surface area contributed by atoms with Crippen molar-refractivity contribution >= 4 is 33.0 Å². The lowest BCUT2D eigenvalue weighted by atomic mass is 10.3. The molecule has 2 N–H and O–H groups in total. The smallest absolute Gasteiger partial charge is 0.267 e. The van der Waals surface area contributed by atoms with E-state index < -0.39 is 20.7 Å². The molecule has 0 atom stereocenters. The molecule has 0 unspecified atom stereocenters. The van der Waals surface area contributed by atoms with Gasteiger partial charge in [0.2, 0.25) is 0 Å². The van der Waals surface area contributed by atoms with Crippen LogP contribution in [0.15, 0.2) is 47.4 Å². The second kappa shape index (κ2) is 5.30. The summed E-state index contributed by atoms with van der Waals surface area (Å²) in [4.78, 5) is -0.547. The molecule has 0 saturated heterocycles. The van der Waals surface area contributed by atoms with Gasteiger partial charge in [0.1, 0.15) is 4.90 Å². The lowest BCUT2D eigenvalue weighted by Gasteiger charge is -2.20. The molecule has 2 rings (SSSR count). The summed E-state index contributed by atoms with van der Waals surface area (Å²) >= 11 is 5.64. The Morgan fingerprint density at radius 3 is 2.40 bits per heavy atom. The van der Waals surface area contributed by atoms with E-state index >= 15 is 0 Å². The summed E-state index contributed by atoms with van der Waals surface area (Å²) in [7, 11) is -2.74. The first-order chi connectivity index (χ1) is 9.34. The van der Waals surface area contributed by atoms with Crippen molar-refractivity contribution in [2.24, 2.45) is 0 Å². The maximum atomic E-state index is 14.0. The Morgan fingerprint density at radius 1 is 1.20 bits per heavy atom. The molecule has 0 bridgehead atoms. The van der Waals surface area contributed by atoms with Gasteiger partial charge in [-0.25, -0.2) is 12.8 Å². The summed E-state index contributed by atoms with van der Waals surface area (Å²) in [6.07, 6.45) is 0. The summed E-state index contributed by atoms with van der Waals surface area (Å²) < 4.78 is 39.8. The minimum atomic E-state index is -4.07. The molecule has 0 aromatic heterocycles. The Bertz CT molecular complexity index is 736. The molecular weight excluding hydrogens is 303 g/mol. The summed E-state index contributed by atoms with van der Waals surface area (Å²) in [5.74, 6) is -1.01. The number of hydrogen-bond acceptors (Lipinski definition) is 3. The van der Waals surface area contributed by atoms with Crippen molar-refractivity contribution in [2.45, 2.75) is 4.90 Å². The van der Waals surface area contributed by atoms with Gasteiger partial charge < -0.3 is 5.73 Å². The Hall–Kier alpha value is -1.79. The highest BCUT2D eigenvalue weighted by atomic mass is 35.5. The molecule has 0 radical (unpaired) electrons. The van der Waals surface area contributed by atoms with E-state index in [9.17, 15) is 12.8 Å². The van der Waals surface area contributed by atoms with Gasteiger partial charge in [0, 0.05) is 12.7 Å². The third-order valence-electron chi connectivity index (χ3n) is 2.78. The molecule has 2 aromatic rings. The van der Waals surface area contributed by atoms with Crippen LogP contribution in [0.3, 0.4) is 0 Å². The zero-order chi connectivity index (χ0) is 14.9. The zero-order valence-electron chi connectivity index (χ0n) is 10.5. The van der Waals surface area contributed by atoms with Gasteiger partial charge in [0.15, 0.2) is 5.82 Å². The number of hydrogen-bond donors (Lipinski definition) is 1. The summed E-state index contributed by atoms with van der Waals surface area (Å²) in [6, 6.07) is 10.5. The van der Waals surface area contributed by atoms with Crippen molar-refractivity contribution in [3.63, 3.8) is 0 Å². The predicted molar refractivity (Wildman–Crippen MR) is 77.9 cm³/mol. The van der Waals surface area contributed by atoms with Crippen LogP contribution in [0, 0.1) is 5.82 Å². The van der Waals surface area contributed by atoms with Crippen LogP contribution in [0.5, 0.6) is 0 Å². The molecule has 0 aliphatic rings. The molecule has 7 heteroatoms. The predicted octanol–water partition coefficient (Wildman–Crippen LogP) is 2.89. The number of rotatable bonds is 3. The van der Waals surface area contributed by atoms with Gasteiger partial charge in [-0.3, -0.25) is 4.31 Å². The van der Waals surface area contributed by atoms with Crippen molar-refractivity contribution in [3.8, 4) is 0 Å². The summed E-state index contributed by atoms with van der Waals surface area (Å²) in [6.45, 7) is 0. The number of halogens is 2. The normalized spacial score (nSPS) is 11.3. The lowest BCUT2D eigenvalue weighted by molar-refractivity contribution is 0.566. The van der Waals surface area contributed by atoms with E-state index in [1.54, 1.807) is 30.3 Å². The van der Waals surface area contributed by atoms with Crippen molar-refractivity contribution in [1.29, 1.82) is 0 Å². The van der Waals surface area contributed by atoms with Gasteiger partial charge in [0.05, 0.1) is 10.7 Å². The minimum absolute atomic E-state index is 0.0800. The fraction of sp³-hybridized carbons (Fsp3) is 0.0769. The first-order valence-electron chi connectivity index (χ1n) is 5.62. The van der Waals surface area contributed by atoms with Crippen LogP contribution in [-0.4, -0.2) is 15.5 Å². The molecule has 0 spiro atoms. The largest absolute Gasteiger partial charge is 0.399 e. The number of nitrogen functional groups attached to an aromatic ring is 1. The third kappa shape index (κ3) is 2.57. The molecule has 4 nitrogen and oxygen atoms in total. The number of para-hydroxylation sites is 1. The van der Waals surface area contributed by atoms with Gasteiger partial charge in [-0.05, 0) is 24.3 Å². The monoisotopic (exact) mass is 314 g/mol. The molecule has 0 heterocycles. The third-order valence-corrected chi connectivity index (χ3v) is 4.84. The number of sulfonamides is 1. The Morgan fingerprint density at radius 2 is 1.80 bits per heavy atom. The van der Waals surface area contributed by atoms with Crippen molar-refractivity contribution < 1.29 is 12.8 Å². The van der Waals surface area contributed by atoms with Crippen LogP contribution >= 0.6 is 11.6 Å². The highest BCUT2D eigenvalue weighted by molar-refractivity contribution is 7.92. The van der Waals surface area contributed by atoms with E-state index in [0.717, 1.165) is 10.4 Å². The van der Waals surface area contributed by atoms with E-state index in [1.807, 2.05) is 0 Å². The minimum Gasteiger partial charge on any atom is -0.399 e. The van der Waals surface area contributed by atoms with Crippen molar-refractivity contribution in [2.75, 3.05) is 17.1 Å². The summed E-state index contributed by atoms with van der Waals surface area (Å²) in [5, 5.41) is -0.329. The maximum absolute atomic E-state index is 14.0. The molecule has 0 aliphatic heterocycles. The Labute approximate surface area is 121 Å². The fourth-order valence-corrected chi connectivity index (χ4v) is 3.30. The van der Waals surface area contributed by atoms with E-state index in [-0.39, 0.29) is 10.7 Å². The first kappa shape index (κ1) is 14.6. The van der Waals surface area contributed by atoms with E-state index in [1.165, 1.54) is 13.1 Å². The molecule has 106 valence electrons. The highest BCUT2D eigenvalue weighted by Gasteiger charge is 2.26. The molecule has 2 aromatic carbocycles. The number of benzene rings is 2. The number of nitrogens with two attached hydrogens (primary N) is 1. The highest BCUT2D eigenvalue weighted by Crippen LogP contribution is 2.29. The molecule has 0 amide bonds. The average molecular weight is 315 g/mol.